The van der Waals surface area contributed by atoms with Crippen molar-refractivity contribution in [2.24, 2.45) is 0 Å². The Balaban J connectivity index is 0. The SMILES string of the molecule is O=S(=O)([O-])C(F)C(F)(F)C(F)(F)C(F)C(F)C(F)F.[Li+]. The molecule has 3 atom stereocenters. The number of rotatable bonds is 6. The van der Waals surface area contributed by atoms with Gasteiger partial charge in [0.2, 0.25) is 6.17 Å². The molecule has 0 saturated heterocycles. The van der Waals surface area contributed by atoms with E-state index in [1.807, 2.05) is 0 Å². The zero-order valence-corrected chi connectivity index (χ0v) is 10.2. The molecular weight excluding hydrogens is 330 g/mol. The fraction of sp³-hybridized carbons (Fsp3) is 1.00. The Morgan fingerprint density at radius 1 is 0.850 bits per heavy atom. The normalized spacial score (nSPS) is 18.4. The average Bonchev–Trinajstić information content (AvgIpc) is 2.23. The first-order valence-electron chi connectivity index (χ1n) is 4.08. The van der Waals surface area contributed by atoms with Crippen LogP contribution in [0.2, 0.25) is 0 Å². The van der Waals surface area contributed by atoms with Crippen molar-refractivity contribution in [3.8, 4) is 0 Å². The topological polar surface area (TPSA) is 57.2 Å². The second-order valence-corrected chi connectivity index (χ2v) is 4.63. The predicted molar refractivity (Wildman–Crippen MR) is 40.3 cm³/mol. The molecule has 0 bridgehead atoms. The summed E-state index contributed by atoms with van der Waals surface area (Å²) in [4.78, 5) is 0. The quantitative estimate of drug-likeness (QED) is 0.357. The Labute approximate surface area is 118 Å². The third kappa shape index (κ3) is 4.19. The van der Waals surface area contributed by atoms with Crippen LogP contribution in [0.25, 0.3) is 0 Å². The van der Waals surface area contributed by atoms with Gasteiger partial charge in [0.05, 0.1) is 0 Å². The molecule has 0 rings (SSSR count). The molecule has 0 spiro atoms. The third-order valence-electron chi connectivity index (χ3n) is 1.85. The molecule has 0 aromatic heterocycles. The molecule has 0 heterocycles. The molecule has 0 radical (unpaired) electrons. The Hall–Kier alpha value is -0.123. The minimum atomic E-state index is -6.65. The van der Waals surface area contributed by atoms with E-state index in [2.05, 4.69) is 0 Å². The van der Waals surface area contributed by atoms with Gasteiger partial charge in [-0.2, -0.15) is 17.6 Å². The van der Waals surface area contributed by atoms with Gasteiger partial charge in [-0.05, 0) is 0 Å². The van der Waals surface area contributed by atoms with E-state index in [1.165, 1.54) is 0 Å². The van der Waals surface area contributed by atoms with Crippen LogP contribution in [0.15, 0.2) is 0 Å². The van der Waals surface area contributed by atoms with Gasteiger partial charge in [0.1, 0.15) is 10.1 Å². The van der Waals surface area contributed by atoms with Gasteiger partial charge in [0.25, 0.3) is 11.9 Å². The molecule has 0 saturated carbocycles. The Kier molecular flexibility index (Phi) is 7.49. The summed E-state index contributed by atoms with van der Waals surface area (Å²) in [5, 5.41) is 0. The van der Waals surface area contributed by atoms with Gasteiger partial charge in [-0.15, -0.1) is 0 Å². The van der Waals surface area contributed by atoms with Crippen molar-refractivity contribution in [3.05, 3.63) is 0 Å². The van der Waals surface area contributed by atoms with Gasteiger partial charge in [-0.25, -0.2) is 30.4 Å². The van der Waals surface area contributed by atoms with Crippen LogP contribution in [-0.2, 0) is 10.1 Å². The zero-order valence-electron chi connectivity index (χ0n) is 9.34. The maximum Gasteiger partial charge on any atom is 1.00 e. The van der Waals surface area contributed by atoms with E-state index in [4.69, 9.17) is 0 Å². The van der Waals surface area contributed by atoms with E-state index in [0.29, 0.717) is 0 Å². The van der Waals surface area contributed by atoms with Gasteiger partial charge in [0, 0.05) is 0 Å². The molecule has 0 aromatic carbocycles. The van der Waals surface area contributed by atoms with Crippen molar-refractivity contribution >= 4 is 10.1 Å². The van der Waals surface area contributed by atoms with E-state index in [-0.39, 0.29) is 18.9 Å². The molecule has 0 aliphatic carbocycles. The largest absolute Gasteiger partial charge is 1.00 e. The van der Waals surface area contributed by atoms with Crippen molar-refractivity contribution < 1.29 is 71.3 Å². The molecule has 0 fully saturated rings. The smallest absolute Gasteiger partial charge is 0.746 e. The van der Waals surface area contributed by atoms with Crippen LogP contribution in [0.3, 0.4) is 0 Å². The van der Waals surface area contributed by atoms with E-state index in [1.54, 1.807) is 0 Å². The van der Waals surface area contributed by atoms with Crippen LogP contribution in [0.4, 0.5) is 39.5 Å². The van der Waals surface area contributed by atoms with E-state index < -0.39 is 46.2 Å². The van der Waals surface area contributed by atoms with Crippen molar-refractivity contribution in [2.75, 3.05) is 0 Å². The maximum atomic E-state index is 12.6. The molecule has 0 N–H and O–H groups in total. The number of halogens is 9. The molecule has 0 aliphatic heterocycles. The summed E-state index contributed by atoms with van der Waals surface area (Å²) in [7, 11) is -6.65. The second kappa shape index (κ2) is 6.76. The van der Waals surface area contributed by atoms with Crippen LogP contribution in [-0.4, -0.2) is 49.1 Å². The molecule has 20 heavy (non-hydrogen) atoms. The monoisotopic (exact) mass is 334 g/mol. The van der Waals surface area contributed by atoms with E-state index in [9.17, 15) is 52.5 Å². The third-order valence-corrected chi connectivity index (χ3v) is 2.65. The minimum Gasteiger partial charge on any atom is -0.746 e. The number of hydrogen-bond acceptors (Lipinski definition) is 3. The molecule has 0 aromatic rings. The van der Waals surface area contributed by atoms with Crippen molar-refractivity contribution in [1.82, 2.24) is 0 Å². The molecule has 116 valence electrons. The fourth-order valence-electron chi connectivity index (χ4n) is 0.844. The fourth-order valence-corrected chi connectivity index (χ4v) is 1.36. The Morgan fingerprint density at radius 2 is 1.20 bits per heavy atom. The van der Waals surface area contributed by atoms with Crippen LogP contribution < -0.4 is 18.9 Å². The van der Waals surface area contributed by atoms with Gasteiger partial charge < -0.3 is 4.55 Å². The average molecular weight is 334 g/mol. The van der Waals surface area contributed by atoms with Gasteiger partial charge >= 0.3 is 30.7 Å². The molecule has 0 aliphatic rings. The summed E-state index contributed by atoms with van der Waals surface area (Å²) >= 11 is 0. The molecule has 0 amide bonds. The van der Waals surface area contributed by atoms with Gasteiger partial charge in [-0.3, -0.25) is 0 Å². The maximum absolute atomic E-state index is 12.6. The van der Waals surface area contributed by atoms with E-state index in [0.717, 1.165) is 0 Å². The molecule has 14 heteroatoms. The number of hydrogen-bond donors (Lipinski definition) is 0. The summed E-state index contributed by atoms with van der Waals surface area (Å²) in [6.45, 7) is 0. The first kappa shape index (κ1) is 22.2. The van der Waals surface area contributed by atoms with Crippen LogP contribution in [0.1, 0.15) is 0 Å². The summed E-state index contributed by atoms with van der Waals surface area (Å²) in [6, 6.07) is 0. The number of alkyl halides is 9. The zero-order chi connectivity index (χ0) is 15.8. The van der Waals surface area contributed by atoms with Crippen molar-refractivity contribution in [1.29, 1.82) is 0 Å². The molecule has 3 nitrogen and oxygen atoms in total. The second-order valence-electron chi connectivity index (χ2n) is 3.24. The van der Waals surface area contributed by atoms with Crippen molar-refractivity contribution in [2.45, 2.75) is 36.1 Å². The summed E-state index contributed by atoms with van der Waals surface area (Å²) in [5.74, 6) is -13.0. The Bertz CT molecular complexity index is 414. The molecule has 3 unspecified atom stereocenters. The molecular formula is C6H4F9LiO3S. The summed E-state index contributed by atoms with van der Waals surface area (Å²) in [6.07, 6.45) is -13.8. The van der Waals surface area contributed by atoms with E-state index >= 15 is 0 Å². The van der Waals surface area contributed by atoms with Crippen LogP contribution in [0.5, 0.6) is 0 Å². The standard InChI is InChI=1S/C6H5F9O3S.Li/c7-1(3(9)10)2(8)5(12,13)6(14,15)4(11)19(16,17)18;/h1-4H,(H,16,17,18);/q;+1/p-1. The van der Waals surface area contributed by atoms with Crippen molar-refractivity contribution in [3.63, 3.8) is 0 Å². The first-order chi connectivity index (χ1) is 8.17. The first-order valence-corrected chi connectivity index (χ1v) is 5.55. The van der Waals surface area contributed by atoms with Crippen LogP contribution in [0, 0.1) is 0 Å². The van der Waals surface area contributed by atoms with Gasteiger partial charge in [0.15, 0.2) is 6.17 Å². The predicted octanol–water partition coefficient (Wildman–Crippen LogP) is -0.957. The summed E-state index contributed by atoms with van der Waals surface area (Å²) in [5.41, 5.74) is -5.13. The summed E-state index contributed by atoms with van der Waals surface area (Å²) < 4.78 is 140. The Morgan fingerprint density at radius 3 is 1.45 bits per heavy atom. The van der Waals surface area contributed by atoms with Crippen LogP contribution >= 0.6 is 0 Å². The van der Waals surface area contributed by atoms with Gasteiger partial charge in [-0.1, -0.05) is 0 Å². The minimum absolute atomic E-state index is 0.